The summed E-state index contributed by atoms with van der Waals surface area (Å²) in [6, 6.07) is 0. The van der Waals surface area contributed by atoms with E-state index < -0.39 is 0 Å². The molecule has 0 aliphatic carbocycles. The zero-order valence-electron chi connectivity index (χ0n) is 12.0. The van der Waals surface area contributed by atoms with Crippen molar-refractivity contribution in [3.8, 4) is 0 Å². The third-order valence-corrected chi connectivity index (χ3v) is 4.86. The van der Waals surface area contributed by atoms with E-state index in [-0.39, 0.29) is 11.8 Å². The fourth-order valence-electron chi connectivity index (χ4n) is 1.49. The number of ketones is 1. The Morgan fingerprint density at radius 3 is 2.12 bits per heavy atom. The first-order valence-electron chi connectivity index (χ1n) is 6.68. The van der Waals surface area contributed by atoms with Gasteiger partial charge in [0.05, 0.1) is 0 Å². The molecular weight excluding hydrogens is 248 g/mol. The van der Waals surface area contributed by atoms with Gasteiger partial charge in [-0.05, 0) is 23.8 Å². The van der Waals surface area contributed by atoms with Crippen molar-refractivity contribution in [2.45, 2.75) is 41.0 Å². The van der Waals surface area contributed by atoms with Gasteiger partial charge in [0, 0.05) is 23.3 Å². The summed E-state index contributed by atoms with van der Waals surface area (Å²) in [6.07, 6.45) is 1.26. The van der Waals surface area contributed by atoms with E-state index in [2.05, 4.69) is 20.8 Å². The molecule has 102 valence electrons. The number of carbonyl (C=O) groups excluding carboxylic acids is 1. The second kappa shape index (κ2) is 10.3. The Bertz CT molecular complexity index is 202. The van der Waals surface area contributed by atoms with Gasteiger partial charge in [0.1, 0.15) is 5.78 Å². The Labute approximate surface area is 116 Å². The lowest BCUT2D eigenvalue weighted by molar-refractivity contribution is -0.124. The number of hydrogen-bond acceptors (Lipinski definition) is 3. The van der Waals surface area contributed by atoms with Crippen LogP contribution in [0.15, 0.2) is 0 Å². The Hall–Kier alpha value is 0.370. The predicted molar refractivity (Wildman–Crippen MR) is 83.1 cm³/mol. The lowest BCUT2D eigenvalue weighted by atomic mass is 9.99. The van der Waals surface area contributed by atoms with E-state index in [1.165, 1.54) is 12.2 Å². The number of carbonyl (C=O) groups is 1. The van der Waals surface area contributed by atoms with Crippen LogP contribution in [-0.2, 0) is 4.79 Å². The third-order valence-electron chi connectivity index (χ3n) is 2.65. The van der Waals surface area contributed by atoms with Crippen LogP contribution in [0.4, 0.5) is 0 Å². The highest BCUT2D eigenvalue weighted by atomic mass is 32.2. The van der Waals surface area contributed by atoms with E-state index in [1.54, 1.807) is 0 Å². The molecule has 0 amide bonds. The highest BCUT2D eigenvalue weighted by molar-refractivity contribution is 8.00. The van der Waals surface area contributed by atoms with E-state index in [4.69, 9.17) is 0 Å². The molecule has 0 aromatic rings. The lowest BCUT2D eigenvalue weighted by Crippen LogP contribution is -2.24. The minimum Gasteiger partial charge on any atom is -0.299 e. The normalized spacial score (nSPS) is 13.4. The van der Waals surface area contributed by atoms with Gasteiger partial charge in [0.15, 0.2) is 0 Å². The Morgan fingerprint density at radius 1 is 1.06 bits per heavy atom. The van der Waals surface area contributed by atoms with Gasteiger partial charge in [-0.15, -0.1) is 0 Å². The highest BCUT2D eigenvalue weighted by Crippen LogP contribution is 2.20. The van der Waals surface area contributed by atoms with Crippen LogP contribution in [0.1, 0.15) is 41.0 Å². The van der Waals surface area contributed by atoms with Crippen LogP contribution in [0, 0.1) is 17.8 Å². The number of rotatable bonds is 10. The minimum absolute atomic E-state index is 0.183. The van der Waals surface area contributed by atoms with Crippen molar-refractivity contribution in [3.63, 3.8) is 0 Å². The maximum absolute atomic E-state index is 12.1. The molecule has 17 heavy (non-hydrogen) atoms. The molecule has 0 N–H and O–H groups in total. The zero-order chi connectivity index (χ0) is 13.3. The van der Waals surface area contributed by atoms with E-state index >= 15 is 0 Å². The molecular formula is C14H28OS2. The summed E-state index contributed by atoms with van der Waals surface area (Å²) in [5, 5.41) is 0. The smallest absolute Gasteiger partial charge is 0.140 e. The van der Waals surface area contributed by atoms with Gasteiger partial charge in [-0.2, -0.15) is 23.5 Å². The van der Waals surface area contributed by atoms with Gasteiger partial charge in [0.2, 0.25) is 0 Å². The van der Waals surface area contributed by atoms with Crippen molar-refractivity contribution in [1.82, 2.24) is 0 Å². The third kappa shape index (κ3) is 9.01. The molecule has 0 aliphatic heterocycles. The highest BCUT2D eigenvalue weighted by Gasteiger charge is 2.20. The molecule has 0 aliphatic rings. The van der Waals surface area contributed by atoms with Crippen LogP contribution in [0.3, 0.4) is 0 Å². The maximum atomic E-state index is 12.1. The molecule has 0 heterocycles. The predicted octanol–water partition coefficient (Wildman–Crippen LogP) is 4.36. The zero-order valence-corrected chi connectivity index (χ0v) is 13.6. The molecule has 0 fully saturated rings. The van der Waals surface area contributed by atoms with Crippen molar-refractivity contribution >= 4 is 29.3 Å². The molecule has 3 heteroatoms. The molecule has 0 bridgehead atoms. The van der Waals surface area contributed by atoms with Gasteiger partial charge in [-0.25, -0.2) is 0 Å². The topological polar surface area (TPSA) is 17.1 Å². The summed E-state index contributed by atoms with van der Waals surface area (Å²) in [6.45, 7) is 10.7. The Kier molecular flexibility index (Phi) is 10.5. The molecule has 1 nitrogen and oxygen atoms in total. The largest absolute Gasteiger partial charge is 0.299 e. The lowest BCUT2D eigenvalue weighted by Gasteiger charge is -2.17. The molecule has 0 rings (SSSR count). The van der Waals surface area contributed by atoms with Crippen molar-refractivity contribution in [2.24, 2.45) is 17.8 Å². The van der Waals surface area contributed by atoms with Crippen LogP contribution in [0.2, 0.25) is 0 Å². The maximum Gasteiger partial charge on any atom is 0.140 e. The molecule has 0 spiro atoms. The van der Waals surface area contributed by atoms with Crippen LogP contribution < -0.4 is 0 Å². The van der Waals surface area contributed by atoms with E-state index in [9.17, 15) is 4.79 Å². The van der Waals surface area contributed by atoms with E-state index in [0.29, 0.717) is 5.78 Å². The van der Waals surface area contributed by atoms with E-state index in [0.717, 1.165) is 23.2 Å². The van der Waals surface area contributed by atoms with Crippen LogP contribution in [0.5, 0.6) is 0 Å². The molecule has 0 radical (unpaired) electrons. The average molecular weight is 277 g/mol. The molecule has 0 aromatic heterocycles. The fourth-order valence-corrected chi connectivity index (χ4v) is 3.81. The number of hydrogen-bond donors (Lipinski definition) is 0. The first-order valence-corrected chi connectivity index (χ1v) is 8.99. The van der Waals surface area contributed by atoms with Gasteiger partial charge in [-0.1, -0.05) is 34.6 Å². The second-order valence-electron chi connectivity index (χ2n) is 5.17. The molecule has 1 unspecified atom stereocenters. The molecule has 1 atom stereocenters. The van der Waals surface area contributed by atoms with Gasteiger partial charge < -0.3 is 0 Å². The summed E-state index contributed by atoms with van der Waals surface area (Å²) in [5.41, 5.74) is 0. The van der Waals surface area contributed by atoms with Crippen molar-refractivity contribution in [1.29, 1.82) is 0 Å². The summed E-state index contributed by atoms with van der Waals surface area (Å²) in [4.78, 5) is 12.1. The van der Waals surface area contributed by atoms with Crippen LogP contribution in [-0.4, -0.2) is 28.8 Å². The minimum atomic E-state index is 0.183. The fraction of sp³-hybridized carbons (Fsp3) is 0.929. The monoisotopic (exact) mass is 276 g/mol. The second-order valence-corrected chi connectivity index (χ2v) is 7.64. The number of thioether (sulfide) groups is 2. The van der Waals surface area contributed by atoms with Crippen LogP contribution in [0.25, 0.3) is 0 Å². The first kappa shape index (κ1) is 17.4. The Balaban J connectivity index is 3.97. The van der Waals surface area contributed by atoms with Crippen molar-refractivity contribution in [3.05, 3.63) is 0 Å². The van der Waals surface area contributed by atoms with E-state index in [1.807, 2.05) is 37.4 Å². The molecule has 0 aromatic carbocycles. The standard InChI is InChI=1S/C14H28OS2/c1-6-16-9-13(14(15)12(4)5)10-17-8-7-11(2)3/h11-13H,6-10H2,1-5H3. The summed E-state index contributed by atoms with van der Waals surface area (Å²) in [7, 11) is 0. The van der Waals surface area contributed by atoms with Gasteiger partial charge in [0.25, 0.3) is 0 Å². The Morgan fingerprint density at radius 2 is 1.65 bits per heavy atom. The molecule has 0 saturated carbocycles. The van der Waals surface area contributed by atoms with Crippen molar-refractivity contribution in [2.75, 3.05) is 23.0 Å². The number of Topliss-reactive ketones (excluding diaryl/α,β-unsaturated/α-hetero) is 1. The van der Waals surface area contributed by atoms with Crippen LogP contribution >= 0.6 is 23.5 Å². The summed E-state index contributed by atoms with van der Waals surface area (Å²) >= 11 is 3.84. The first-order chi connectivity index (χ1) is 7.99. The quantitative estimate of drug-likeness (QED) is 0.552. The molecule has 0 saturated heterocycles. The summed E-state index contributed by atoms with van der Waals surface area (Å²) < 4.78 is 0. The van der Waals surface area contributed by atoms with Crippen molar-refractivity contribution < 1.29 is 4.79 Å². The summed E-state index contributed by atoms with van der Waals surface area (Å²) in [5.74, 6) is 5.98. The SMILES string of the molecule is CCSCC(CSCCC(C)C)C(=O)C(C)C. The average Bonchev–Trinajstić information content (AvgIpc) is 2.26. The van der Waals surface area contributed by atoms with Gasteiger partial charge >= 0.3 is 0 Å². The van der Waals surface area contributed by atoms with Gasteiger partial charge in [-0.3, -0.25) is 4.79 Å².